The van der Waals surface area contributed by atoms with Gasteiger partial charge in [-0.05, 0) is 36.9 Å². The molecule has 0 amide bonds. The number of rotatable bonds is 5. The third kappa shape index (κ3) is 3.29. The van der Waals surface area contributed by atoms with Crippen LogP contribution in [0, 0.1) is 0 Å². The Morgan fingerprint density at radius 1 is 1.14 bits per heavy atom. The summed E-state index contributed by atoms with van der Waals surface area (Å²) in [5.74, 6) is 0.873. The maximum Gasteiger partial charge on any atom is 0.151 e. The van der Waals surface area contributed by atoms with Crippen molar-refractivity contribution in [2.24, 2.45) is 0 Å². The van der Waals surface area contributed by atoms with Gasteiger partial charge in [-0.25, -0.2) is 0 Å². The van der Waals surface area contributed by atoms with Gasteiger partial charge >= 0.3 is 0 Å². The number of benzene rings is 2. The Balaban J connectivity index is 1.23. The van der Waals surface area contributed by atoms with Gasteiger partial charge in [-0.15, -0.1) is 0 Å². The van der Waals surface area contributed by atoms with Gasteiger partial charge in [0.2, 0.25) is 0 Å². The first kappa shape index (κ1) is 17.1. The lowest BCUT2D eigenvalue weighted by Gasteiger charge is -2.24. The van der Waals surface area contributed by atoms with Gasteiger partial charge in [0.05, 0.1) is 6.54 Å². The summed E-state index contributed by atoms with van der Waals surface area (Å²) in [7, 11) is 0. The lowest BCUT2D eigenvalue weighted by molar-refractivity contribution is 0.366. The van der Waals surface area contributed by atoms with Crippen LogP contribution < -0.4 is 10.2 Å². The Morgan fingerprint density at radius 2 is 2.04 bits per heavy atom. The molecule has 5 heteroatoms. The molecule has 2 atom stereocenters. The number of H-pyrrole nitrogens is 1. The van der Waals surface area contributed by atoms with Gasteiger partial charge in [-0.1, -0.05) is 41.6 Å². The van der Waals surface area contributed by atoms with Crippen LogP contribution in [0.3, 0.4) is 0 Å². The highest BCUT2D eigenvalue weighted by molar-refractivity contribution is 5.83. The van der Waals surface area contributed by atoms with E-state index in [1.54, 1.807) is 0 Å². The Bertz CT molecular complexity index is 1070. The molecule has 2 N–H and O–H groups in total. The molecule has 5 nitrogen and oxygen atoms in total. The first-order chi connectivity index (χ1) is 13.8. The largest absolute Gasteiger partial charge is 0.367 e. The van der Waals surface area contributed by atoms with Crippen LogP contribution in [0.2, 0.25) is 0 Å². The minimum Gasteiger partial charge on any atom is -0.367 e. The third-order valence-corrected chi connectivity index (χ3v) is 5.64. The van der Waals surface area contributed by atoms with Crippen LogP contribution in [0.25, 0.3) is 22.2 Å². The minimum atomic E-state index is 0.430. The Labute approximate surface area is 164 Å². The van der Waals surface area contributed by atoms with E-state index in [2.05, 4.69) is 51.5 Å². The van der Waals surface area contributed by atoms with Crippen molar-refractivity contribution in [3.8, 4) is 11.3 Å². The standard InChI is InChI=1S/C23H24N4O/c1-16-11-19(15-27(16)20-8-7-18-9-10-24-22(18)12-20)25-14-21-13-23(26-28-21)17-5-3-2-4-6-17/h2-10,12-13,16,19,24-25H,11,14-15H2,1H3. The number of aromatic amines is 1. The fraction of sp³-hybridized carbons (Fsp3) is 0.261. The van der Waals surface area contributed by atoms with Crippen molar-refractivity contribution in [1.82, 2.24) is 15.5 Å². The molecule has 1 fully saturated rings. The fourth-order valence-electron chi connectivity index (χ4n) is 4.14. The molecule has 2 aromatic heterocycles. The topological polar surface area (TPSA) is 57.1 Å². The molecule has 3 heterocycles. The van der Waals surface area contributed by atoms with Crippen LogP contribution in [0.4, 0.5) is 5.69 Å². The lowest BCUT2D eigenvalue weighted by Crippen LogP contribution is -2.32. The molecule has 1 aliphatic rings. The summed E-state index contributed by atoms with van der Waals surface area (Å²) in [6.07, 6.45) is 3.11. The van der Waals surface area contributed by atoms with Gasteiger partial charge in [0, 0.05) is 47.7 Å². The summed E-state index contributed by atoms with van der Waals surface area (Å²) in [6.45, 7) is 3.98. The van der Waals surface area contributed by atoms with Crippen molar-refractivity contribution in [2.75, 3.05) is 11.4 Å². The molecule has 28 heavy (non-hydrogen) atoms. The average Bonchev–Trinajstić information content (AvgIpc) is 3.46. The summed E-state index contributed by atoms with van der Waals surface area (Å²) < 4.78 is 5.53. The number of nitrogens with zero attached hydrogens (tertiary/aromatic N) is 2. The second kappa shape index (κ2) is 7.17. The SMILES string of the molecule is CC1CC(NCc2cc(-c3ccccc3)no2)CN1c1ccc2cc[nH]c2c1. The number of hydrogen-bond donors (Lipinski definition) is 2. The van der Waals surface area contributed by atoms with Crippen LogP contribution in [0.5, 0.6) is 0 Å². The van der Waals surface area contributed by atoms with Crippen molar-refractivity contribution < 1.29 is 4.52 Å². The molecular formula is C23H24N4O. The second-order valence-corrected chi connectivity index (χ2v) is 7.61. The van der Waals surface area contributed by atoms with E-state index in [1.165, 1.54) is 16.6 Å². The summed E-state index contributed by atoms with van der Waals surface area (Å²) >= 11 is 0. The fourth-order valence-corrected chi connectivity index (χ4v) is 4.14. The highest BCUT2D eigenvalue weighted by Gasteiger charge is 2.29. The third-order valence-electron chi connectivity index (χ3n) is 5.64. The lowest BCUT2D eigenvalue weighted by atomic mass is 10.1. The van der Waals surface area contributed by atoms with Gasteiger partial charge in [0.25, 0.3) is 0 Å². The summed E-state index contributed by atoms with van der Waals surface area (Å²) in [5, 5.41) is 9.10. The molecule has 2 aromatic carbocycles. The quantitative estimate of drug-likeness (QED) is 0.538. The van der Waals surface area contributed by atoms with E-state index in [4.69, 9.17) is 4.52 Å². The van der Waals surface area contributed by atoms with Crippen LogP contribution in [0.15, 0.2) is 71.4 Å². The number of aromatic nitrogens is 2. The molecule has 5 rings (SSSR count). The second-order valence-electron chi connectivity index (χ2n) is 7.61. The Kier molecular flexibility index (Phi) is 4.37. The number of anilines is 1. The first-order valence-corrected chi connectivity index (χ1v) is 9.84. The Hall–Kier alpha value is -3.05. The molecule has 4 aromatic rings. The number of nitrogens with one attached hydrogen (secondary N) is 2. The summed E-state index contributed by atoms with van der Waals surface area (Å²) in [4.78, 5) is 5.79. The van der Waals surface area contributed by atoms with Crippen LogP contribution >= 0.6 is 0 Å². The zero-order valence-electron chi connectivity index (χ0n) is 15.9. The van der Waals surface area contributed by atoms with Crippen molar-refractivity contribution >= 4 is 16.6 Å². The van der Waals surface area contributed by atoms with E-state index in [-0.39, 0.29) is 0 Å². The van der Waals surface area contributed by atoms with Crippen LogP contribution in [0.1, 0.15) is 19.1 Å². The summed E-state index contributed by atoms with van der Waals surface area (Å²) in [5.41, 5.74) is 4.44. The van der Waals surface area contributed by atoms with Gasteiger partial charge in [0.15, 0.2) is 5.76 Å². The van der Waals surface area contributed by atoms with Crippen molar-refractivity contribution in [1.29, 1.82) is 0 Å². The van der Waals surface area contributed by atoms with E-state index in [1.807, 2.05) is 42.6 Å². The van der Waals surface area contributed by atoms with E-state index >= 15 is 0 Å². The maximum atomic E-state index is 5.53. The highest BCUT2D eigenvalue weighted by Crippen LogP contribution is 2.28. The van der Waals surface area contributed by atoms with Crippen molar-refractivity contribution in [3.63, 3.8) is 0 Å². The maximum absolute atomic E-state index is 5.53. The number of hydrogen-bond acceptors (Lipinski definition) is 4. The highest BCUT2D eigenvalue weighted by atomic mass is 16.5. The predicted octanol–water partition coefficient (Wildman–Crippen LogP) is 4.58. The minimum absolute atomic E-state index is 0.430. The van der Waals surface area contributed by atoms with Gasteiger partial charge in [0.1, 0.15) is 5.69 Å². The normalized spacial score (nSPS) is 19.5. The molecular weight excluding hydrogens is 348 g/mol. The molecule has 1 aliphatic heterocycles. The summed E-state index contributed by atoms with van der Waals surface area (Å²) in [6, 6.07) is 21.9. The molecule has 0 bridgehead atoms. The van der Waals surface area contributed by atoms with E-state index in [0.717, 1.165) is 30.0 Å². The molecule has 0 spiro atoms. The monoisotopic (exact) mass is 372 g/mol. The van der Waals surface area contributed by atoms with Crippen molar-refractivity contribution in [3.05, 3.63) is 72.6 Å². The smallest absolute Gasteiger partial charge is 0.151 e. The first-order valence-electron chi connectivity index (χ1n) is 9.84. The molecule has 0 aliphatic carbocycles. The van der Waals surface area contributed by atoms with Crippen LogP contribution in [-0.4, -0.2) is 28.8 Å². The molecule has 142 valence electrons. The van der Waals surface area contributed by atoms with Crippen molar-refractivity contribution in [2.45, 2.75) is 32.0 Å². The zero-order valence-corrected chi connectivity index (χ0v) is 15.9. The average molecular weight is 372 g/mol. The Morgan fingerprint density at radius 3 is 2.93 bits per heavy atom. The molecule has 0 saturated carbocycles. The molecule has 2 unspecified atom stereocenters. The molecule has 1 saturated heterocycles. The van der Waals surface area contributed by atoms with Gasteiger partial charge in [-0.2, -0.15) is 0 Å². The van der Waals surface area contributed by atoms with Gasteiger partial charge in [-0.3, -0.25) is 0 Å². The van der Waals surface area contributed by atoms with Gasteiger partial charge < -0.3 is 19.7 Å². The van der Waals surface area contributed by atoms with E-state index < -0.39 is 0 Å². The number of fused-ring (bicyclic) bond motifs is 1. The predicted molar refractivity (Wildman–Crippen MR) is 112 cm³/mol. The van der Waals surface area contributed by atoms with E-state index in [9.17, 15) is 0 Å². The van der Waals surface area contributed by atoms with E-state index in [0.29, 0.717) is 18.6 Å². The molecule has 0 radical (unpaired) electrons. The van der Waals surface area contributed by atoms with Crippen LogP contribution in [-0.2, 0) is 6.54 Å². The zero-order chi connectivity index (χ0) is 18.9.